The number of nitrogens with zero attached hydrogens (tertiary/aromatic N) is 3. The molecule has 0 fully saturated rings. The van der Waals surface area contributed by atoms with Crippen molar-refractivity contribution >= 4 is 23.0 Å². The Balaban J connectivity index is 1.69. The number of ether oxygens (including phenoxy) is 1. The number of hydrazone groups is 1. The van der Waals surface area contributed by atoms with Crippen LogP contribution < -0.4 is 10.2 Å². The maximum Gasteiger partial charge on any atom is 0.271 e. The molecule has 6 heteroatoms. The second-order valence-electron chi connectivity index (χ2n) is 6.89. The highest BCUT2D eigenvalue weighted by molar-refractivity contribution is 6.02. The van der Waals surface area contributed by atoms with Gasteiger partial charge in [0.2, 0.25) is 0 Å². The summed E-state index contributed by atoms with van der Waals surface area (Å²) in [5.41, 5.74) is 7.39. The molecule has 0 saturated heterocycles. The van der Waals surface area contributed by atoms with Gasteiger partial charge in [-0.1, -0.05) is 30.3 Å². The zero-order valence-electron chi connectivity index (χ0n) is 16.9. The van der Waals surface area contributed by atoms with Crippen LogP contribution in [0.25, 0.3) is 10.9 Å². The molecule has 0 aliphatic heterocycles. The standard InChI is InChI=1S/C24H22N4O2/c1-17-22(15-26-27-24(29)19-10-12-25-13-11-19)21-14-20(30-2)8-9-23(21)28(17)16-18-6-4-3-5-7-18/h3-15H,16H2,1-2H3,(H,27,29). The predicted molar refractivity (Wildman–Crippen MR) is 118 cm³/mol. The first kappa shape index (κ1) is 19.4. The minimum Gasteiger partial charge on any atom is -0.497 e. The monoisotopic (exact) mass is 398 g/mol. The van der Waals surface area contributed by atoms with Crippen molar-refractivity contribution in [1.82, 2.24) is 15.0 Å². The summed E-state index contributed by atoms with van der Waals surface area (Å²) in [4.78, 5) is 16.2. The van der Waals surface area contributed by atoms with Crippen LogP contribution in [0.2, 0.25) is 0 Å². The molecular weight excluding hydrogens is 376 g/mol. The highest BCUT2D eigenvalue weighted by Gasteiger charge is 2.14. The Kier molecular flexibility index (Phi) is 5.57. The van der Waals surface area contributed by atoms with Crippen LogP contribution in [0.5, 0.6) is 5.75 Å². The third kappa shape index (κ3) is 3.93. The van der Waals surface area contributed by atoms with Gasteiger partial charge in [-0.05, 0) is 42.8 Å². The van der Waals surface area contributed by atoms with Crippen LogP contribution in [0.15, 0.2) is 78.2 Å². The average Bonchev–Trinajstić information content (AvgIpc) is 3.05. The number of hydrogen-bond donors (Lipinski definition) is 1. The van der Waals surface area contributed by atoms with Crippen molar-refractivity contribution in [3.05, 3.63) is 95.4 Å². The van der Waals surface area contributed by atoms with E-state index in [1.165, 1.54) is 5.56 Å². The first-order valence-electron chi connectivity index (χ1n) is 9.61. The Morgan fingerprint density at radius 1 is 1.13 bits per heavy atom. The summed E-state index contributed by atoms with van der Waals surface area (Å²) in [5.74, 6) is 0.492. The summed E-state index contributed by atoms with van der Waals surface area (Å²) >= 11 is 0. The summed E-state index contributed by atoms with van der Waals surface area (Å²) in [6, 6.07) is 19.6. The van der Waals surface area contributed by atoms with E-state index < -0.39 is 0 Å². The van der Waals surface area contributed by atoms with E-state index in [1.54, 1.807) is 37.9 Å². The van der Waals surface area contributed by atoms with Crippen LogP contribution in [0, 0.1) is 6.92 Å². The van der Waals surface area contributed by atoms with Gasteiger partial charge < -0.3 is 9.30 Å². The Hall–Kier alpha value is -3.93. The second kappa shape index (κ2) is 8.61. The molecule has 0 spiro atoms. The number of nitrogens with one attached hydrogen (secondary N) is 1. The molecule has 2 heterocycles. The number of carbonyl (C=O) groups excluding carboxylic acids is 1. The summed E-state index contributed by atoms with van der Waals surface area (Å²) in [5, 5.41) is 5.22. The third-order valence-corrected chi connectivity index (χ3v) is 5.07. The number of rotatable bonds is 6. The second-order valence-corrected chi connectivity index (χ2v) is 6.89. The van der Waals surface area contributed by atoms with E-state index in [0.29, 0.717) is 5.56 Å². The van der Waals surface area contributed by atoms with E-state index >= 15 is 0 Å². The number of carbonyl (C=O) groups is 1. The Morgan fingerprint density at radius 3 is 2.63 bits per heavy atom. The molecule has 150 valence electrons. The smallest absolute Gasteiger partial charge is 0.271 e. The van der Waals surface area contributed by atoms with Gasteiger partial charge in [0.15, 0.2) is 0 Å². The molecule has 0 bridgehead atoms. The van der Waals surface area contributed by atoms with Crippen molar-refractivity contribution in [2.24, 2.45) is 5.10 Å². The number of pyridine rings is 1. The molecular formula is C24H22N4O2. The lowest BCUT2D eigenvalue weighted by Crippen LogP contribution is -2.17. The van der Waals surface area contributed by atoms with Crippen LogP contribution in [0.4, 0.5) is 0 Å². The predicted octanol–water partition coefficient (Wildman–Crippen LogP) is 4.17. The zero-order valence-corrected chi connectivity index (χ0v) is 16.9. The van der Waals surface area contributed by atoms with Gasteiger partial charge in [-0.3, -0.25) is 9.78 Å². The summed E-state index contributed by atoms with van der Waals surface area (Å²) in [7, 11) is 1.65. The first-order valence-corrected chi connectivity index (χ1v) is 9.61. The lowest BCUT2D eigenvalue weighted by Gasteiger charge is -2.09. The van der Waals surface area contributed by atoms with E-state index in [1.807, 2.05) is 30.3 Å². The Bertz CT molecular complexity index is 1200. The highest BCUT2D eigenvalue weighted by atomic mass is 16.5. The third-order valence-electron chi connectivity index (χ3n) is 5.07. The van der Waals surface area contributed by atoms with Crippen LogP contribution in [0.1, 0.15) is 27.2 Å². The molecule has 0 aliphatic rings. The van der Waals surface area contributed by atoms with E-state index in [2.05, 4.69) is 45.2 Å². The van der Waals surface area contributed by atoms with Gasteiger partial charge in [-0.15, -0.1) is 0 Å². The van der Waals surface area contributed by atoms with Crippen LogP contribution in [-0.4, -0.2) is 28.8 Å². The molecule has 2 aromatic carbocycles. The lowest BCUT2D eigenvalue weighted by atomic mass is 10.1. The van der Waals surface area contributed by atoms with Gasteiger partial charge in [0.05, 0.1) is 13.3 Å². The van der Waals surface area contributed by atoms with Crippen LogP contribution >= 0.6 is 0 Å². The fourth-order valence-electron chi connectivity index (χ4n) is 3.47. The SMILES string of the molecule is COc1ccc2c(c1)c(C=NNC(=O)c1ccncc1)c(C)n2Cc1ccccc1. The maximum atomic E-state index is 12.3. The Labute approximate surface area is 174 Å². The average molecular weight is 398 g/mol. The molecule has 0 saturated carbocycles. The van der Waals surface area contributed by atoms with Gasteiger partial charge in [-0.2, -0.15) is 5.10 Å². The fraction of sp³-hybridized carbons (Fsp3) is 0.125. The van der Waals surface area contributed by atoms with Gasteiger partial charge in [0.1, 0.15) is 5.75 Å². The van der Waals surface area contributed by atoms with E-state index in [0.717, 1.165) is 34.5 Å². The molecule has 0 radical (unpaired) electrons. The van der Waals surface area contributed by atoms with Crippen molar-refractivity contribution in [2.45, 2.75) is 13.5 Å². The number of fused-ring (bicyclic) bond motifs is 1. The summed E-state index contributed by atoms with van der Waals surface area (Å²) in [6.45, 7) is 2.80. The number of amides is 1. The molecule has 4 rings (SSSR count). The normalized spacial score (nSPS) is 11.1. The lowest BCUT2D eigenvalue weighted by molar-refractivity contribution is 0.0955. The zero-order chi connectivity index (χ0) is 20.9. The summed E-state index contributed by atoms with van der Waals surface area (Å²) < 4.78 is 7.66. The van der Waals surface area contributed by atoms with Crippen molar-refractivity contribution in [3.8, 4) is 5.75 Å². The summed E-state index contributed by atoms with van der Waals surface area (Å²) in [6.07, 6.45) is 4.84. The molecule has 6 nitrogen and oxygen atoms in total. The number of benzene rings is 2. The van der Waals surface area contributed by atoms with Gasteiger partial charge in [-0.25, -0.2) is 5.43 Å². The van der Waals surface area contributed by atoms with E-state index in [-0.39, 0.29) is 5.91 Å². The molecule has 0 unspecified atom stereocenters. The molecule has 2 aromatic heterocycles. The molecule has 1 amide bonds. The molecule has 0 atom stereocenters. The highest BCUT2D eigenvalue weighted by Crippen LogP contribution is 2.29. The van der Waals surface area contributed by atoms with Crippen LogP contribution in [0.3, 0.4) is 0 Å². The van der Waals surface area contributed by atoms with Crippen molar-refractivity contribution in [1.29, 1.82) is 0 Å². The quantitative estimate of drug-likeness (QED) is 0.392. The molecule has 30 heavy (non-hydrogen) atoms. The largest absolute Gasteiger partial charge is 0.497 e. The van der Waals surface area contributed by atoms with Gasteiger partial charge >= 0.3 is 0 Å². The van der Waals surface area contributed by atoms with Crippen molar-refractivity contribution in [3.63, 3.8) is 0 Å². The number of aromatic nitrogens is 2. The molecule has 4 aromatic rings. The Morgan fingerprint density at radius 2 is 1.90 bits per heavy atom. The fourth-order valence-corrected chi connectivity index (χ4v) is 3.47. The number of methoxy groups -OCH3 is 1. The van der Waals surface area contributed by atoms with Gasteiger partial charge in [0.25, 0.3) is 5.91 Å². The van der Waals surface area contributed by atoms with E-state index in [4.69, 9.17) is 4.74 Å². The van der Waals surface area contributed by atoms with Crippen molar-refractivity contribution in [2.75, 3.05) is 7.11 Å². The van der Waals surface area contributed by atoms with E-state index in [9.17, 15) is 4.79 Å². The van der Waals surface area contributed by atoms with Crippen molar-refractivity contribution < 1.29 is 9.53 Å². The minimum absolute atomic E-state index is 0.281. The topological polar surface area (TPSA) is 68.5 Å². The molecule has 1 N–H and O–H groups in total. The maximum absolute atomic E-state index is 12.3. The minimum atomic E-state index is -0.281. The van der Waals surface area contributed by atoms with Gasteiger partial charge in [0, 0.05) is 46.7 Å². The molecule has 0 aliphatic carbocycles. The van der Waals surface area contributed by atoms with Crippen LogP contribution in [-0.2, 0) is 6.54 Å². The first-order chi connectivity index (χ1) is 14.7. The number of hydrogen-bond acceptors (Lipinski definition) is 4.